The molecule has 1 aromatic heterocycles. The van der Waals surface area contributed by atoms with E-state index in [4.69, 9.17) is 0 Å². The van der Waals surface area contributed by atoms with E-state index in [2.05, 4.69) is 15.3 Å². The monoisotopic (exact) mass is 299 g/mol. The summed E-state index contributed by atoms with van der Waals surface area (Å²) in [5, 5.41) is 22.7. The van der Waals surface area contributed by atoms with Gasteiger partial charge in [-0.25, -0.2) is 9.97 Å². The number of hydrogen-bond acceptors (Lipinski definition) is 5. The fraction of sp³-hybridized carbons (Fsp3) is 0.412. The van der Waals surface area contributed by atoms with Crippen molar-refractivity contribution in [1.82, 2.24) is 9.97 Å². The Kier molecular flexibility index (Phi) is 4.53. The van der Waals surface area contributed by atoms with E-state index in [-0.39, 0.29) is 5.75 Å². The Bertz CT molecular complexity index is 627. The van der Waals surface area contributed by atoms with E-state index in [1.807, 2.05) is 6.07 Å². The van der Waals surface area contributed by atoms with Crippen LogP contribution in [0.4, 0.5) is 5.95 Å². The van der Waals surface area contributed by atoms with Crippen molar-refractivity contribution in [2.45, 2.75) is 37.7 Å². The van der Waals surface area contributed by atoms with E-state index in [1.54, 1.807) is 30.5 Å². The average Bonchev–Trinajstić information content (AvgIpc) is 3.07. The van der Waals surface area contributed by atoms with Gasteiger partial charge in [0.1, 0.15) is 5.75 Å². The quantitative estimate of drug-likeness (QED) is 0.791. The van der Waals surface area contributed by atoms with Crippen molar-refractivity contribution >= 4 is 5.95 Å². The van der Waals surface area contributed by atoms with Crippen LogP contribution in [0, 0.1) is 0 Å². The first-order chi connectivity index (χ1) is 10.7. The minimum Gasteiger partial charge on any atom is -0.508 e. The van der Waals surface area contributed by atoms with Gasteiger partial charge < -0.3 is 15.5 Å². The second kappa shape index (κ2) is 6.75. The maximum atomic E-state index is 10.2. The number of rotatable bonds is 5. The molecule has 1 fully saturated rings. The molecule has 3 N–H and O–H groups in total. The van der Waals surface area contributed by atoms with Gasteiger partial charge in [0.05, 0.1) is 6.10 Å². The van der Waals surface area contributed by atoms with Crippen molar-refractivity contribution in [3.8, 4) is 5.75 Å². The van der Waals surface area contributed by atoms with Gasteiger partial charge in [0.2, 0.25) is 5.95 Å². The van der Waals surface area contributed by atoms with Gasteiger partial charge >= 0.3 is 0 Å². The van der Waals surface area contributed by atoms with Gasteiger partial charge in [-0.3, -0.25) is 0 Å². The summed E-state index contributed by atoms with van der Waals surface area (Å²) in [5.74, 6) is 1.24. The predicted octanol–water partition coefficient (Wildman–Crippen LogP) is 2.99. The number of aliphatic hydroxyl groups excluding tert-OH is 1. The molecule has 0 aliphatic heterocycles. The number of aromatic hydroxyl groups is 1. The third kappa shape index (κ3) is 3.54. The highest BCUT2D eigenvalue weighted by molar-refractivity contribution is 5.31. The third-order valence-electron chi connectivity index (χ3n) is 4.16. The first kappa shape index (κ1) is 14.8. The molecule has 1 atom stereocenters. The van der Waals surface area contributed by atoms with Gasteiger partial charge in [-0.15, -0.1) is 0 Å². The Morgan fingerprint density at radius 1 is 1.23 bits per heavy atom. The molecule has 0 spiro atoms. The van der Waals surface area contributed by atoms with Gasteiger partial charge in [-0.1, -0.05) is 25.0 Å². The first-order valence-electron chi connectivity index (χ1n) is 7.76. The molecular formula is C17H21N3O2. The fourth-order valence-corrected chi connectivity index (χ4v) is 2.94. The Labute approximate surface area is 130 Å². The predicted molar refractivity (Wildman–Crippen MR) is 84.8 cm³/mol. The molecule has 0 radical (unpaired) electrons. The van der Waals surface area contributed by atoms with Gasteiger partial charge in [-0.05, 0) is 36.6 Å². The molecule has 0 bridgehead atoms. The summed E-state index contributed by atoms with van der Waals surface area (Å²) in [5.41, 5.74) is 1.75. The van der Waals surface area contributed by atoms with E-state index in [1.165, 1.54) is 25.7 Å². The summed E-state index contributed by atoms with van der Waals surface area (Å²) in [6.07, 6.45) is 5.99. The third-order valence-corrected chi connectivity index (χ3v) is 4.16. The van der Waals surface area contributed by atoms with E-state index >= 15 is 0 Å². The number of anilines is 1. The van der Waals surface area contributed by atoms with Crippen LogP contribution in [0.25, 0.3) is 0 Å². The maximum Gasteiger partial charge on any atom is 0.222 e. The van der Waals surface area contributed by atoms with Crippen LogP contribution in [0.15, 0.2) is 36.5 Å². The van der Waals surface area contributed by atoms with E-state index in [0.29, 0.717) is 24.0 Å². The highest BCUT2D eigenvalue weighted by atomic mass is 16.3. The summed E-state index contributed by atoms with van der Waals surface area (Å²) in [6, 6.07) is 8.61. The topological polar surface area (TPSA) is 78.3 Å². The zero-order chi connectivity index (χ0) is 15.4. The second-order valence-corrected chi connectivity index (χ2v) is 5.78. The summed E-state index contributed by atoms with van der Waals surface area (Å²) >= 11 is 0. The van der Waals surface area contributed by atoms with Crippen LogP contribution in [-0.4, -0.2) is 26.7 Å². The highest BCUT2D eigenvalue weighted by Gasteiger charge is 2.18. The maximum absolute atomic E-state index is 10.2. The smallest absolute Gasteiger partial charge is 0.222 e. The van der Waals surface area contributed by atoms with Crippen molar-refractivity contribution < 1.29 is 10.2 Å². The number of hydrogen-bond donors (Lipinski definition) is 3. The number of nitrogens with one attached hydrogen (secondary N) is 1. The number of nitrogens with zero attached hydrogens (tertiary/aromatic N) is 2. The van der Waals surface area contributed by atoms with E-state index < -0.39 is 6.10 Å². The van der Waals surface area contributed by atoms with Crippen molar-refractivity contribution in [3.05, 3.63) is 47.8 Å². The second-order valence-electron chi connectivity index (χ2n) is 5.78. The molecule has 1 aliphatic carbocycles. The van der Waals surface area contributed by atoms with Crippen LogP contribution in [-0.2, 0) is 0 Å². The summed E-state index contributed by atoms with van der Waals surface area (Å²) < 4.78 is 0. The molecule has 0 saturated heterocycles. The van der Waals surface area contributed by atoms with Crippen molar-refractivity contribution in [1.29, 1.82) is 0 Å². The summed E-state index contributed by atoms with van der Waals surface area (Å²) in [6.45, 7) is 0.303. The number of aromatic nitrogens is 2. The molecule has 116 valence electrons. The largest absolute Gasteiger partial charge is 0.508 e. The lowest BCUT2D eigenvalue weighted by molar-refractivity contribution is 0.191. The lowest BCUT2D eigenvalue weighted by Crippen LogP contribution is -2.14. The number of aliphatic hydroxyl groups is 1. The molecule has 22 heavy (non-hydrogen) atoms. The molecule has 1 saturated carbocycles. The molecule has 2 aromatic rings. The van der Waals surface area contributed by atoms with E-state index in [0.717, 1.165) is 5.69 Å². The molecule has 0 unspecified atom stereocenters. The highest BCUT2D eigenvalue weighted by Crippen LogP contribution is 2.33. The number of benzene rings is 1. The summed E-state index contributed by atoms with van der Waals surface area (Å²) in [4.78, 5) is 8.77. The zero-order valence-corrected chi connectivity index (χ0v) is 12.4. The molecule has 1 aromatic carbocycles. The van der Waals surface area contributed by atoms with Crippen molar-refractivity contribution in [2.75, 3.05) is 11.9 Å². The standard InChI is InChI=1S/C17H21N3O2/c21-14-7-3-6-13(10-14)16(22)11-19-17-18-9-8-15(20-17)12-4-1-2-5-12/h3,6-10,12,16,21-22H,1-2,4-5,11H2,(H,18,19,20)/t16-/m1/s1. The van der Waals surface area contributed by atoms with Gasteiger partial charge in [0.25, 0.3) is 0 Å². The Hall–Kier alpha value is -2.14. The summed E-state index contributed by atoms with van der Waals surface area (Å²) in [7, 11) is 0. The lowest BCUT2D eigenvalue weighted by Gasteiger charge is -2.14. The van der Waals surface area contributed by atoms with Crippen LogP contribution in [0.1, 0.15) is 49.0 Å². The SMILES string of the molecule is Oc1cccc([C@H](O)CNc2nccc(C3CCCC3)n2)c1. The zero-order valence-electron chi connectivity index (χ0n) is 12.4. The van der Waals surface area contributed by atoms with Crippen LogP contribution < -0.4 is 5.32 Å². The van der Waals surface area contributed by atoms with Crippen LogP contribution in [0.5, 0.6) is 5.75 Å². The molecule has 3 rings (SSSR count). The Morgan fingerprint density at radius 3 is 2.82 bits per heavy atom. The fourth-order valence-electron chi connectivity index (χ4n) is 2.94. The molecule has 0 amide bonds. The number of phenols is 1. The van der Waals surface area contributed by atoms with Crippen molar-refractivity contribution in [3.63, 3.8) is 0 Å². The molecule has 1 aliphatic rings. The molecular weight excluding hydrogens is 278 g/mol. The van der Waals surface area contributed by atoms with Gasteiger partial charge in [-0.2, -0.15) is 0 Å². The minimum atomic E-state index is -0.717. The first-order valence-corrected chi connectivity index (χ1v) is 7.76. The van der Waals surface area contributed by atoms with Gasteiger partial charge in [0, 0.05) is 24.4 Å². The molecule has 5 nitrogen and oxygen atoms in total. The van der Waals surface area contributed by atoms with Crippen LogP contribution >= 0.6 is 0 Å². The normalized spacial score (nSPS) is 16.6. The molecule has 5 heteroatoms. The van der Waals surface area contributed by atoms with Crippen molar-refractivity contribution in [2.24, 2.45) is 0 Å². The minimum absolute atomic E-state index is 0.149. The lowest BCUT2D eigenvalue weighted by atomic mass is 10.0. The van der Waals surface area contributed by atoms with E-state index in [9.17, 15) is 10.2 Å². The number of phenolic OH excluding ortho intramolecular Hbond substituents is 1. The molecule has 1 heterocycles. The van der Waals surface area contributed by atoms with Crippen LogP contribution in [0.2, 0.25) is 0 Å². The Balaban J connectivity index is 1.62. The average molecular weight is 299 g/mol. The van der Waals surface area contributed by atoms with Gasteiger partial charge in [0.15, 0.2) is 0 Å². The Morgan fingerprint density at radius 2 is 2.05 bits per heavy atom. The van der Waals surface area contributed by atoms with Crippen LogP contribution in [0.3, 0.4) is 0 Å².